The second kappa shape index (κ2) is 3.25. The van der Waals surface area contributed by atoms with E-state index in [0.29, 0.717) is 12.8 Å². The van der Waals surface area contributed by atoms with E-state index < -0.39 is 5.54 Å². The molecule has 1 aliphatic heterocycles. The predicted octanol–water partition coefficient (Wildman–Crippen LogP) is 0.937. The minimum absolute atomic E-state index is 0.00968. The smallest absolute Gasteiger partial charge is 0.251 e. The molecule has 0 aromatic heterocycles. The molecule has 1 saturated heterocycles. The van der Waals surface area contributed by atoms with Gasteiger partial charge in [-0.2, -0.15) is 0 Å². The monoisotopic (exact) mass is 182 g/mol. The van der Waals surface area contributed by atoms with Gasteiger partial charge in [-0.1, -0.05) is 0 Å². The number of amides is 1. The van der Waals surface area contributed by atoms with Crippen LogP contribution in [0.3, 0.4) is 0 Å². The van der Waals surface area contributed by atoms with Crippen molar-refractivity contribution in [1.29, 1.82) is 0 Å². The Bertz CT molecular complexity index is 258. The van der Waals surface area contributed by atoms with Crippen LogP contribution in [0.1, 0.15) is 12.8 Å². The maximum absolute atomic E-state index is 11.6. The molecule has 1 unspecified atom stereocenters. The largest absolute Gasteiger partial charge is 0.344 e. The molecule has 1 fully saturated rings. The third-order valence-electron chi connectivity index (χ3n) is 2.21. The van der Waals surface area contributed by atoms with Gasteiger partial charge in [0.1, 0.15) is 0 Å². The second-order valence-corrected chi connectivity index (χ2v) is 3.22. The minimum atomic E-state index is -0.694. The van der Waals surface area contributed by atoms with E-state index in [1.54, 1.807) is 11.9 Å². The lowest BCUT2D eigenvalue weighted by molar-refractivity contribution is -0.130. The van der Waals surface area contributed by atoms with Crippen molar-refractivity contribution in [3.05, 3.63) is 0 Å². The van der Waals surface area contributed by atoms with Crippen LogP contribution in [0.5, 0.6) is 0 Å². The molecule has 0 bridgehead atoms. The van der Waals surface area contributed by atoms with Crippen LogP contribution in [0, 0.1) is 12.3 Å². The third kappa shape index (κ3) is 1.23. The first-order valence-electron chi connectivity index (χ1n) is 3.74. The number of nitrogens with zero attached hydrogens (tertiary/aromatic N) is 2. The van der Waals surface area contributed by atoms with Crippen LogP contribution >= 0.6 is 9.03 Å². The van der Waals surface area contributed by atoms with Gasteiger partial charge < -0.3 is 4.90 Å². The highest BCUT2D eigenvalue weighted by Crippen LogP contribution is 2.29. The average Bonchev–Trinajstić information content (AvgIpc) is 2.35. The van der Waals surface area contributed by atoms with Gasteiger partial charge in [-0.05, 0) is 9.03 Å². The number of hydrogen-bond donors (Lipinski definition) is 0. The molecule has 0 aromatic carbocycles. The summed E-state index contributed by atoms with van der Waals surface area (Å²) in [6.45, 7) is 0.731. The fourth-order valence-corrected chi connectivity index (χ4v) is 1.68. The summed E-state index contributed by atoms with van der Waals surface area (Å²) in [6, 6.07) is 0. The summed E-state index contributed by atoms with van der Waals surface area (Å²) < 4.78 is 3.91. The van der Waals surface area contributed by atoms with Crippen molar-refractivity contribution in [2.45, 2.75) is 18.4 Å². The zero-order valence-electron chi connectivity index (χ0n) is 7.00. The summed E-state index contributed by atoms with van der Waals surface area (Å²) in [5.74, 6) is 2.49. The topological polar surface area (TPSA) is 32.7 Å². The molecule has 0 aliphatic carbocycles. The molecule has 3 nitrogen and oxygen atoms in total. The maximum atomic E-state index is 11.6. The zero-order chi connectivity index (χ0) is 9.19. The summed E-state index contributed by atoms with van der Waals surface area (Å²) in [4.78, 5) is 13.2. The standard InChI is InChI=1S/C8H11N2OP/c1-3-4-8(9-12)5-6-10(2)7(8)11/h1,12H,4-6H2,2H3. The van der Waals surface area contributed by atoms with Crippen LogP contribution in [0.2, 0.25) is 0 Å². The lowest BCUT2D eigenvalue weighted by atomic mass is 9.95. The average molecular weight is 182 g/mol. The van der Waals surface area contributed by atoms with Crippen LogP contribution in [0.4, 0.5) is 0 Å². The molecule has 1 rings (SSSR count). The van der Waals surface area contributed by atoms with E-state index in [1.807, 2.05) is 0 Å². The van der Waals surface area contributed by atoms with Crippen LogP contribution in [-0.4, -0.2) is 29.9 Å². The second-order valence-electron chi connectivity index (χ2n) is 3.00. The van der Waals surface area contributed by atoms with Crippen molar-refractivity contribution >= 4 is 14.9 Å². The molecule has 0 spiro atoms. The van der Waals surface area contributed by atoms with Gasteiger partial charge in [0.25, 0.3) is 5.91 Å². The molecule has 0 saturated carbocycles. The van der Waals surface area contributed by atoms with Gasteiger partial charge in [0, 0.05) is 26.4 Å². The maximum Gasteiger partial charge on any atom is 0.251 e. The molecule has 0 aromatic rings. The van der Waals surface area contributed by atoms with Gasteiger partial charge in [-0.3, -0.25) is 9.54 Å². The van der Waals surface area contributed by atoms with E-state index >= 15 is 0 Å². The Kier molecular flexibility index (Phi) is 2.49. The Morgan fingerprint density at radius 3 is 2.92 bits per heavy atom. The lowest BCUT2D eigenvalue weighted by Gasteiger charge is -2.18. The van der Waals surface area contributed by atoms with Crippen molar-refractivity contribution in [3.63, 3.8) is 0 Å². The third-order valence-corrected chi connectivity index (χ3v) is 2.64. The Morgan fingerprint density at radius 2 is 2.58 bits per heavy atom. The van der Waals surface area contributed by atoms with E-state index in [0.717, 1.165) is 6.54 Å². The van der Waals surface area contributed by atoms with Gasteiger partial charge in [-0.25, -0.2) is 0 Å². The van der Waals surface area contributed by atoms with E-state index in [-0.39, 0.29) is 5.91 Å². The Hall–Kier alpha value is -0.870. The van der Waals surface area contributed by atoms with Gasteiger partial charge >= 0.3 is 0 Å². The van der Waals surface area contributed by atoms with E-state index in [2.05, 4.69) is 19.7 Å². The predicted molar refractivity (Wildman–Crippen MR) is 49.2 cm³/mol. The van der Waals surface area contributed by atoms with Gasteiger partial charge in [0.2, 0.25) is 0 Å². The molecular weight excluding hydrogens is 171 g/mol. The number of rotatable bonds is 2. The molecule has 1 aliphatic rings. The fraction of sp³-hybridized carbons (Fsp3) is 0.625. The highest BCUT2D eigenvalue weighted by molar-refractivity contribution is 7.04. The van der Waals surface area contributed by atoms with E-state index in [1.165, 1.54) is 0 Å². The molecule has 1 heterocycles. The van der Waals surface area contributed by atoms with Gasteiger partial charge in [0.15, 0.2) is 5.54 Å². The molecule has 4 heteroatoms. The van der Waals surface area contributed by atoms with Crippen molar-refractivity contribution < 1.29 is 4.79 Å². The minimum Gasteiger partial charge on any atom is -0.344 e. The summed E-state index contributed by atoms with van der Waals surface area (Å²) >= 11 is 0. The molecule has 64 valence electrons. The lowest BCUT2D eigenvalue weighted by Crippen LogP contribution is -2.35. The highest BCUT2D eigenvalue weighted by atomic mass is 31.0. The molecule has 1 amide bonds. The van der Waals surface area contributed by atoms with Crippen molar-refractivity contribution in [2.24, 2.45) is 4.74 Å². The van der Waals surface area contributed by atoms with Crippen LogP contribution < -0.4 is 0 Å². The summed E-state index contributed by atoms with van der Waals surface area (Å²) in [7, 11) is 4.80. The molecular formula is C8H11N2OP. The normalized spacial score (nSPS) is 28.7. The number of carbonyl (C=O) groups excluding carboxylic acids is 1. The quantitative estimate of drug-likeness (QED) is 0.462. The van der Waals surface area contributed by atoms with Crippen molar-refractivity contribution in [3.8, 4) is 12.3 Å². The number of hydrogen-bond acceptors (Lipinski definition) is 2. The molecule has 12 heavy (non-hydrogen) atoms. The fourth-order valence-electron chi connectivity index (χ4n) is 1.39. The van der Waals surface area contributed by atoms with E-state index in [9.17, 15) is 4.79 Å². The first-order chi connectivity index (χ1) is 5.66. The van der Waals surface area contributed by atoms with Crippen molar-refractivity contribution in [1.82, 2.24) is 4.90 Å². The van der Waals surface area contributed by atoms with Crippen LogP contribution in [0.15, 0.2) is 4.74 Å². The number of carbonyl (C=O) groups is 1. The first kappa shape index (κ1) is 9.22. The molecule has 0 radical (unpaired) electrons. The number of likely N-dealkylation sites (N-methyl/N-ethyl adjacent to an activating group) is 1. The number of terminal acetylenes is 1. The Balaban J connectivity index is 2.89. The Labute approximate surface area is 74.4 Å². The molecule has 0 N–H and O–H groups in total. The summed E-state index contributed by atoms with van der Waals surface area (Å²) in [5, 5.41) is 0. The SMILES string of the molecule is C#CCC1(N=P)CCN(C)C1=O. The summed E-state index contributed by atoms with van der Waals surface area (Å²) in [5.41, 5.74) is -0.694. The zero-order valence-corrected chi connectivity index (χ0v) is 8.00. The first-order valence-corrected chi connectivity index (χ1v) is 4.18. The Morgan fingerprint density at radius 1 is 1.92 bits per heavy atom. The van der Waals surface area contributed by atoms with Crippen LogP contribution in [-0.2, 0) is 4.79 Å². The van der Waals surface area contributed by atoms with Crippen LogP contribution in [0.25, 0.3) is 0 Å². The van der Waals surface area contributed by atoms with Gasteiger partial charge in [0.05, 0.1) is 0 Å². The van der Waals surface area contributed by atoms with Gasteiger partial charge in [-0.15, -0.1) is 12.3 Å². The summed E-state index contributed by atoms with van der Waals surface area (Å²) in [6.07, 6.45) is 6.25. The number of likely N-dealkylation sites (tertiary alicyclic amines) is 1. The van der Waals surface area contributed by atoms with E-state index in [4.69, 9.17) is 6.42 Å². The highest BCUT2D eigenvalue weighted by Gasteiger charge is 2.44. The molecule has 1 atom stereocenters. The van der Waals surface area contributed by atoms with Crippen molar-refractivity contribution in [2.75, 3.05) is 13.6 Å².